The minimum absolute atomic E-state index is 0.120. The van der Waals surface area contributed by atoms with Crippen molar-refractivity contribution in [2.75, 3.05) is 26.3 Å². The van der Waals surface area contributed by atoms with Crippen LogP contribution in [0.5, 0.6) is 0 Å². The lowest BCUT2D eigenvalue weighted by atomic mass is 10.3. The van der Waals surface area contributed by atoms with Crippen molar-refractivity contribution in [3.8, 4) is 0 Å². The molecule has 0 radical (unpaired) electrons. The molecule has 8 heteroatoms. The highest BCUT2D eigenvalue weighted by Crippen LogP contribution is 2.21. The average molecular weight is 309 g/mol. The molecule has 1 atom stereocenters. The van der Waals surface area contributed by atoms with E-state index in [1.165, 1.54) is 18.2 Å². The zero-order valence-corrected chi connectivity index (χ0v) is 11.6. The maximum Gasteiger partial charge on any atom is 0.243 e. The van der Waals surface area contributed by atoms with Crippen LogP contribution in [-0.4, -0.2) is 40.8 Å². The molecule has 0 bridgehead atoms. The third kappa shape index (κ3) is 3.64. The number of rotatable bonds is 4. The average Bonchev–Trinajstić information content (AvgIpc) is 2.41. The molecule has 106 valence electrons. The van der Waals surface area contributed by atoms with E-state index in [1.807, 2.05) is 0 Å². The largest absolute Gasteiger partial charge is 0.378 e. The highest BCUT2D eigenvalue weighted by Gasteiger charge is 2.22. The van der Waals surface area contributed by atoms with Crippen molar-refractivity contribution in [1.82, 2.24) is 10.0 Å². The molecular formula is C11H14ClFN2O3S. The highest BCUT2D eigenvalue weighted by atomic mass is 35.5. The van der Waals surface area contributed by atoms with Gasteiger partial charge in [0, 0.05) is 19.1 Å². The summed E-state index contributed by atoms with van der Waals surface area (Å²) in [5.74, 6) is -0.940. The molecule has 1 saturated heterocycles. The monoisotopic (exact) mass is 308 g/mol. The van der Waals surface area contributed by atoms with Gasteiger partial charge in [-0.05, 0) is 12.1 Å². The molecule has 0 saturated carbocycles. The molecule has 0 aliphatic carbocycles. The summed E-state index contributed by atoms with van der Waals surface area (Å²) in [5.41, 5.74) is 0. The fourth-order valence-electron chi connectivity index (χ4n) is 1.73. The van der Waals surface area contributed by atoms with Crippen molar-refractivity contribution < 1.29 is 17.5 Å². The molecular weight excluding hydrogens is 295 g/mol. The lowest BCUT2D eigenvalue weighted by Crippen LogP contribution is -2.48. The molecule has 0 spiro atoms. The number of hydrogen-bond donors (Lipinski definition) is 2. The number of benzene rings is 1. The summed E-state index contributed by atoms with van der Waals surface area (Å²) < 4.78 is 45.2. The van der Waals surface area contributed by atoms with E-state index in [0.29, 0.717) is 19.8 Å². The Kier molecular flexibility index (Phi) is 4.75. The van der Waals surface area contributed by atoms with Crippen LogP contribution in [-0.2, 0) is 14.8 Å². The van der Waals surface area contributed by atoms with Crippen LogP contribution in [0.4, 0.5) is 4.39 Å². The number of halogens is 2. The summed E-state index contributed by atoms with van der Waals surface area (Å²) >= 11 is 5.57. The normalized spacial score (nSPS) is 20.4. The van der Waals surface area contributed by atoms with Crippen molar-refractivity contribution in [3.63, 3.8) is 0 Å². The zero-order valence-electron chi connectivity index (χ0n) is 10.0. The minimum atomic E-state index is -3.92. The van der Waals surface area contributed by atoms with Crippen molar-refractivity contribution in [3.05, 3.63) is 29.0 Å². The first kappa shape index (κ1) is 14.7. The van der Waals surface area contributed by atoms with E-state index in [2.05, 4.69) is 10.0 Å². The predicted octanol–water partition coefficient (Wildman–Crippen LogP) is 0.746. The molecule has 1 aliphatic rings. The first-order chi connectivity index (χ1) is 9.00. The van der Waals surface area contributed by atoms with Crippen LogP contribution in [0.25, 0.3) is 0 Å². The Bertz CT molecular complexity index is 547. The molecule has 0 amide bonds. The van der Waals surface area contributed by atoms with Gasteiger partial charge in [-0.1, -0.05) is 17.7 Å². The number of morpholine rings is 1. The quantitative estimate of drug-likeness (QED) is 0.861. The van der Waals surface area contributed by atoms with E-state index >= 15 is 0 Å². The highest BCUT2D eigenvalue weighted by molar-refractivity contribution is 7.89. The summed E-state index contributed by atoms with van der Waals surface area (Å²) in [5, 5.41) is 2.88. The lowest BCUT2D eigenvalue weighted by molar-refractivity contribution is 0.0784. The molecule has 2 rings (SSSR count). The molecule has 1 aromatic rings. The van der Waals surface area contributed by atoms with Crippen LogP contribution in [0.2, 0.25) is 5.02 Å². The molecule has 1 unspecified atom stereocenters. The van der Waals surface area contributed by atoms with Gasteiger partial charge >= 0.3 is 0 Å². The third-order valence-corrected chi connectivity index (χ3v) is 4.46. The molecule has 2 N–H and O–H groups in total. The first-order valence-electron chi connectivity index (χ1n) is 5.75. The second-order valence-electron chi connectivity index (χ2n) is 4.13. The Morgan fingerprint density at radius 3 is 3.00 bits per heavy atom. The van der Waals surface area contributed by atoms with Crippen LogP contribution < -0.4 is 10.0 Å². The fraction of sp³-hybridized carbons (Fsp3) is 0.455. The van der Waals surface area contributed by atoms with Crippen molar-refractivity contribution in [2.24, 2.45) is 0 Å². The van der Waals surface area contributed by atoms with Crippen molar-refractivity contribution in [1.29, 1.82) is 0 Å². The number of ether oxygens (including phenoxy) is 1. The Hall–Kier alpha value is -0.730. The molecule has 1 aliphatic heterocycles. The Balaban J connectivity index is 2.07. The summed E-state index contributed by atoms with van der Waals surface area (Å²) in [6.07, 6.45) is 0. The zero-order chi connectivity index (χ0) is 13.9. The van der Waals surface area contributed by atoms with Crippen LogP contribution in [0.15, 0.2) is 23.1 Å². The minimum Gasteiger partial charge on any atom is -0.378 e. The van der Waals surface area contributed by atoms with Crippen molar-refractivity contribution in [2.45, 2.75) is 10.9 Å². The predicted molar refractivity (Wildman–Crippen MR) is 69.2 cm³/mol. The summed E-state index contributed by atoms with van der Waals surface area (Å²) in [7, 11) is -3.92. The van der Waals surface area contributed by atoms with Gasteiger partial charge in [0.2, 0.25) is 10.0 Å². The Morgan fingerprint density at radius 2 is 2.32 bits per heavy atom. The second-order valence-corrected chi connectivity index (χ2v) is 6.27. The maximum absolute atomic E-state index is 13.7. The van der Waals surface area contributed by atoms with Gasteiger partial charge in [-0.3, -0.25) is 0 Å². The molecule has 19 heavy (non-hydrogen) atoms. The number of nitrogens with one attached hydrogen (secondary N) is 2. The van der Waals surface area contributed by atoms with Gasteiger partial charge in [-0.15, -0.1) is 0 Å². The molecule has 0 aromatic heterocycles. The van der Waals surface area contributed by atoms with E-state index in [1.54, 1.807) is 0 Å². The van der Waals surface area contributed by atoms with Crippen LogP contribution in [0.1, 0.15) is 0 Å². The number of sulfonamides is 1. The molecule has 5 nitrogen and oxygen atoms in total. The van der Waals surface area contributed by atoms with E-state index in [4.69, 9.17) is 16.3 Å². The first-order valence-corrected chi connectivity index (χ1v) is 7.61. The van der Waals surface area contributed by atoms with E-state index < -0.39 is 20.7 Å². The van der Waals surface area contributed by atoms with Gasteiger partial charge in [0.25, 0.3) is 0 Å². The Morgan fingerprint density at radius 1 is 1.53 bits per heavy atom. The van der Waals surface area contributed by atoms with Gasteiger partial charge in [0.15, 0.2) is 5.82 Å². The van der Waals surface area contributed by atoms with Crippen LogP contribution in [0, 0.1) is 5.82 Å². The molecule has 1 fully saturated rings. The van der Waals surface area contributed by atoms with Crippen LogP contribution in [0.3, 0.4) is 0 Å². The van der Waals surface area contributed by atoms with Crippen molar-refractivity contribution >= 4 is 21.6 Å². The van der Waals surface area contributed by atoms with Gasteiger partial charge < -0.3 is 10.1 Å². The standard InChI is InChI=1S/C11H14ClFN2O3S/c12-9-2-1-3-10(11(9)13)19(16,17)15-6-8-7-18-5-4-14-8/h1-3,8,14-15H,4-7H2. The third-order valence-electron chi connectivity index (χ3n) is 2.72. The van der Waals surface area contributed by atoms with Crippen LogP contribution >= 0.6 is 11.6 Å². The van der Waals surface area contributed by atoms with E-state index in [0.717, 1.165) is 0 Å². The van der Waals surface area contributed by atoms with Gasteiger partial charge in [0.1, 0.15) is 4.90 Å². The Labute approximate surface area is 116 Å². The SMILES string of the molecule is O=S(=O)(NCC1COCCN1)c1cccc(Cl)c1F. The second kappa shape index (κ2) is 6.15. The van der Waals surface area contributed by atoms with Gasteiger partial charge in [0.05, 0.1) is 18.2 Å². The smallest absolute Gasteiger partial charge is 0.243 e. The molecule has 1 aromatic carbocycles. The maximum atomic E-state index is 13.7. The van der Waals surface area contributed by atoms with Gasteiger partial charge in [-0.2, -0.15) is 0 Å². The van der Waals surface area contributed by atoms with E-state index in [-0.39, 0.29) is 17.6 Å². The summed E-state index contributed by atoms with van der Waals surface area (Å²) in [6.45, 7) is 1.82. The molecule has 1 heterocycles. The topological polar surface area (TPSA) is 67.4 Å². The number of hydrogen-bond acceptors (Lipinski definition) is 4. The summed E-state index contributed by atoms with van der Waals surface area (Å²) in [6, 6.07) is 3.74. The lowest BCUT2D eigenvalue weighted by Gasteiger charge is -2.23. The fourth-order valence-corrected chi connectivity index (χ4v) is 3.14. The van der Waals surface area contributed by atoms with Gasteiger partial charge in [-0.25, -0.2) is 17.5 Å². The van der Waals surface area contributed by atoms with E-state index in [9.17, 15) is 12.8 Å². The summed E-state index contributed by atoms with van der Waals surface area (Å²) in [4.78, 5) is -0.447.